The second-order valence-electron chi connectivity index (χ2n) is 4.58. The lowest BCUT2D eigenvalue weighted by atomic mass is 10.1. The SMILES string of the molecule is CC(NCC(O)c1ccccc1)c1ccccc1F. The summed E-state index contributed by atoms with van der Waals surface area (Å²) >= 11 is 0. The number of aliphatic hydroxyl groups excluding tert-OH is 1. The highest BCUT2D eigenvalue weighted by Crippen LogP contribution is 2.17. The highest BCUT2D eigenvalue weighted by atomic mass is 19.1. The first-order valence-electron chi connectivity index (χ1n) is 6.39. The van der Waals surface area contributed by atoms with Crippen molar-refractivity contribution in [3.63, 3.8) is 0 Å². The van der Waals surface area contributed by atoms with Gasteiger partial charge in [-0.2, -0.15) is 0 Å². The van der Waals surface area contributed by atoms with E-state index >= 15 is 0 Å². The van der Waals surface area contributed by atoms with Crippen LogP contribution in [0.1, 0.15) is 30.2 Å². The Bertz CT molecular complexity index is 515. The van der Waals surface area contributed by atoms with Gasteiger partial charge in [-0.1, -0.05) is 48.5 Å². The molecule has 0 radical (unpaired) electrons. The van der Waals surface area contributed by atoms with Crippen LogP contribution in [0.15, 0.2) is 54.6 Å². The van der Waals surface area contributed by atoms with E-state index in [-0.39, 0.29) is 11.9 Å². The molecule has 2 unspecified atom stereocenters. The van der Waals surface area contributed by atoms with E-state index in [4.69, 9.17) is 0 Å². The van der Waals surface area contributed by atoms with Crippen molar-refractivity contribution >= 4 is 0 Å². The van der Waals surface area contributed by atoms with Gasteiger partial charge in [0.25, 0.3) is 0 Å². The Morgan fingerprint density at radius 3 is 2.37 bits per heavy atom. The minimum Gasteiger partial charge on any atom is -0.387 e. The topological polar surface area (TPSA) is 32.3 Å². The van der Waals surface area contributed by atoms with Crippen LogP contribution in [0.25, 0.3) is 0 Å². The highest BCUT2D eigenvalue weighted by molar-refractivity contribution is 5.21. The third kappa shape index (κ3) is 3.63. The molecule has 0 saturated heterocycles. The molecule has 0 bridgehead atoms. The average molecular weight is 259 g/mol. The first-order valence-corrected chi connectivity index (χ1v) is 6.39. The number of hydrogen-bond donors (Lipinski definition) is 2. The van der Waals surface area contributed by atoms with E-state index in [1.807, 2.05) is 43.3 Å². The molecular formula is C16H18FNO. The average Bonchev–Trinajstić information content (AvgIpc) is 2.46. The van der Waals surface area contributed by atoms with E-state index in [1.165, 1.54) is 6.07 Å². The van der Waals surface area contributed by atoms with E-state index in [1.54, 1.807) is 12.1 Å². The fourth-order valence-corrected chi connectivity index (χ4v) is 2.02. The number of aliphatic hydroxyl groups is 1. The normalized spacial score (nSPS) is 14.1. The molecule has 2 aromatic carbocycles. The Labute approximate surface area is 112 Å². The molecule has 100 valence electrons. The quantitative estimate of drug-likeness (QED) is 0.864. The molecule has 0 amide bonds. The molecule has 0 aromatic heterocycles. The monoisotopic (exact) mass is 259 g/mol. The van der Waals surface area contributed by atoms with Crippen molar-refractivity contribution in [2.45, 2.75) is 19.1 Å². The fourth-order valence-electron chi connectivity index (χ4n) is 2.02. The van der Waals surface area contributed by atoms with Crippen LogP contribution in [-0.2, 0) is 0 Å². The van der Waals surface area contributed by atoms with E-state index in [0.717, 1.165) is 5.56 Å². The van der Waals surface area contributed by atoms with Crippen molar-refractivity contribution < 1.29 is 9.50 Å². The maximum atomic E-state index is 13.6. The van der Waals surface area contributed by atoms with Crippen LogP contribution in [0.5, 0.6) is 0 Å². The van der Waals surface area contributed by atoms with Gasteiger partial charge in [0.2, 0.25) is 0 Å². The smallest absolute Gasteiger partial charge is 0.127 e. The lowest BCUT2D eigenvalue weighted by Crippen LogP contribution is -2.25. The van der Waals surface area contributed by atoms with Crippen molar-refractivity contribution in [1.82, 2.24) is 5.32 Å². The third-order valence-corrected chi connectivity index (χ3v) is 3.17. The lowest BCUT2D eigenvalue weighted by molar-refractivity contribution is 0.170. The van der Waals surface area contributed by atoms with Crippen LogP contribution in [-0.4, -0.2) is 11.7 Å². The van der Waals surface area contributed by atoms with Crippen molar-refractivity contribution in [2.75, 3.05) is 6.54 Å². The molecule has 2 nitrogen and oxygen atoms in total. The second-order valence-corrected chi connectivity index (χ2v) is 4.58. The summed E-state index contributed by atoms with van der Waals surface area (Å²) in [5.41, 5.74) is 1.47. The van der Waals surface area contributed by atoms with Crippen LogP contribution >= 0.6 is 0 Å². The summed E-state index contributed by atoms with van der Waals surface area (Å²) in [6.45, 7) is 2.27. The van der Waals surface area contributed by atoms with Crippen molar-refractivity contribution in [1.29, 1.82) is 0 Å². The first-order chi connectivity index (χ1) is 9.18. The molecule has 0 saturated carbocycles. The van der Waals surface area contributed by atoms with Gasteiger partial charge < -0.3 is 10.4 Å². The Morgan fingerprint density at radius 1 is 1.05 bits per heavy atom. The number of nitrogens with one attached hydrogen (secondary N) is 1. The summed E-state index contributed by atoms with van der Waals surface area (Å²) in [5.74, 6) is -0.225. The maximum Gasteiger partial charge on any atom is 0.127 e. The van der Waals surface area contributed by atoms with Crippen LogP contribution < -0.4 is 5.32 Å². The number of rotatable bonds is 5. The minimum absolute atomic E-state index is 0.139. The fraction of sp³-hybridized carbons (Fsp3) is 0.250. The van der Waals surface area contributed by atoms with Gasteiger partial charge in [0.05, 0.1) is 6.10 Å². The van der Waals surface area contributed by atoms with Gasteiger partial charge in [-0.25, -0.2) is 4.39 Å². The Hall–Kier alpha value is -1.71. The van der Waals surface area contributed by atoms with Crippen molar-refractivity contribution in [3.05, 3.63) is 71.5 Å². The molecule has 0 aliphatic carbocycles. The zero-order valence-corrected chi connectivity index (χ0v) is 10.9. The largest absolute Gasteiger partial charge is 0.387 e. The first kappa shape index (κ1) is 13.7. The zero-order chi connectivity index (χ0) is 13.7. The minimum atomic E-state index is -0.588. The predicted octanol–water partition coefficient (Wildman–Crippen LogP) is 3.21. The summed E-state index contributed by atoms with van der Waals surface area (Å²) in [4.78, 5) is 0. The molecule has 2 atom stereocenters. The van der Waals surface area contributed by atoms with Gasteiger partial charge in [-0.3, -0.25) is 0 Å². The van der Waals surface area contributed by atoms with Crippen LogP contribution in [0.3, 0.4) is 0 Å². The van der Waals surface area contributed by atoms with Crippen molar-refractivity contribution in [3.8, 4) is 0 Å². The zero-order valence-electron chi connectivity index (χ0n) is 10.9. The Balaban J connectivity index is 1.94. The summed E-state index contributed by atoms with van der Waals surface area (Å²) in [5, 5.41) is 13.2. The van der Waals surface area contributed by atoms with Gasteiger partial charge in [0.1, 0.15) is 5.82 Å². The number of halogens is 1. The van der Waals surface area contributed by atoms with Crippen LogP contribution in [0.4, 0.5) is 4.39 Å². The molecule has 2 aromatic rings. The summed E-state index contributed by atoms with van der Waals surface area (Å²) in [6, 6.07) is 16.0. The van der Waals surface area contributed by atoms with Gasteiger partial charge in [-0.05, 0) is 18.6 Å². The maximum absolute atomic E-state index is 13.6. The molecule has 3 heteroatoms. The van der Waals surface area contributed by atoms with Crippen LogP contribution in [0.2, 0.25) is 0 Å². The van der Waals surface area contributed by atoms with E-state index in [0.29, 0.717) is 12.1 Å². The summed E-state index contributed by atoms with van der Waals surface area (Å²) in [7, 11) is 0. The summed E-state index contributed by atoms with van der Waals surface area (Å²) < 4.78 is 13.6. The predicted molar refractivity (Wildman–Crippen MR) is 74.2 cm³/mol. The molecule has 2 rings (SSSR count). The molecule has 0 heterocycles. The molecule has 2 N–H and O–H groups in total. The Morgan fingerprint density at radius 2 is 1.68 bits per heavy atom. The van der Waals surface area contributed by atoms with E-state index < -0.39 is 6.10 Å². The molecular weight excluding hydrogens is 241 g/mol. The van der Waals surface area contributed by atoms with Crippen LogP contribution in [0, 0.1) is 5.82 Å². The van der Waals surface area contributed by atoms with Gasteiger partial charge in [-0.15, -0.1) is 0 Å². The number of benzene rings is 2. The van der Waals surface area contributed by atoms with Crippen molar-refractivity contribution in [2.24, 2.45) is 0 Å². The third-order valence-electron chi connectivity index (χ3n) is 3.17. The standard InChI is InChI=1S/C16H18FNO/c1-12(14-9-5-6-10-15(14)17)18-11-16(19)13-7-3-2-4-8-13/h2-10,12,16,18-19H,11H2,1H3. The van der Waals surface area contributed by atoms with Gasteiger partial charge in [0.15, 0.2) is 0 Å². The molecule has 0 aliphatic heterocycles. The number of hydrogen-bond acceptors (Lipinski definition) is 2. The molecule has 19 heavy (non-hydrogen) atoms. The van der Waals surface area contributed by atoms with Gasteiger partial charge >= 0.3 is 0 Å². The van der Waals surface area contributed by atoms with E-state index in [2.05, 4.69) is 5.32 Å². The molecule has 0 fully saturated rings. The van der Waals surface area contributed by atoms with Gasteiger partial charge in [0, 0.05) is 18.2 Å². The second kappa shape index (κ2) is 6.45. The molecule has 0 spiro atoms. The van der Waals surface area contributed by atoms with E-state index in [9.17, 15) is 9.50 Å². The summed E-state index contributed by atoms with van der Waals surface area (Å²) in [6.07, 6.45) is -0.588. The Kier molecular flexibility index (Phi) is 4.66. The lowest BCUT2D eigenvalue weighted by Gasteiger charge is -2.18. The molecule has 0 aliphatic rings. The highest BCUT2D eigenvalue weighted by Gasteiger charge is 2.12.